The van der Waals surface area contributed by atoms with Gasteiger partial charge in [-0.2, -0.15) is 5.10 Å². The molecule has 98 valence electrons. The second kappa shape index (κ2) is 5.22. The van der Waals surface area contributed by atoms with Gasteiger partial charge < -0.3 is 0 Å². The SMILES string of the molecule is C=Cc1nc2ccc(C)cc2c2cc(C)nn12.CC. The van der Waals surface area contributed by atoms with Gasteiger partial charge in [0.1, 0.15) is 0 Å². The lowest BCUT2D eigenvalue weighted by molar-refractivity contribution is 0.897. The van der Waals surface area contributed by atoms with E-state index in [9.17, 15) is 0 Å². The van der Waals surface area contributed by atoms with Crippen molar-refractivity contribution in [2.75, 3.05) is 0 Å². The van der Waals surface area contributed by atoms with Crippen LogP contribution in [0.5, 0.6) is 0 Å². The molecule has 3 heteroatoms. The molecule has 3 nitrogen and oxygen atoms in total. The van der Waals surface area contributed by atoms with E-state index in [1.807, 2.05) is 31.4 Å². The molecular formula is C16H19N3. The number of aromatic nitrogens is 3. The minimum atomic E-state index is 0.782. The van der Waals surface area contributed by atoms with Crippen molar-refractivity contribution in [2.24, 2.45) is 0 Å². The van der Waals surface area contributed by atoms with Crippen LogP contribution in [-0.2, 0) is 0 Å². The van der Waals surface area contributed by atoms with E-state index in [2.05, 4.69) is 41.8 Å². The second-order valence-corrected chi connectivity index (χ2v) is 4.28. The zero-order chi connectivity index (χ0) is 14.0. The van der Waals surface area contributed by atoms with Crippen LogP contribution in [0.4, 0.5) is 0 Å². The highest BCUT2D eigenvalue weighted by molar-refractivity contribution is 5.94. The molecule has 0 spiro atoms. The fourth-order valence-corrected chi connectivity index (χ4v) is 2.12. The third-order valence-electron chi connectivity index (χ3n) is 2.89. The molecule has 3 rings (SSSR count). The molecule has 0 fully saturated rings. The van der Waals surface area contributed by atoms with Crippen molar-refractivity contribution < 1.29 is 0 Å². The van der Waals surface area contributed by atoms with Crippen LogP contribution in [-0.4, -0.2) is 14.6 Å². The van der Waals surface area contributed by atoms with Gasteiger partial charge in [-0.25, -0.2) is 9.50 Å². The van der Waals surface area contributed by atoms with E-state index in [1.54, 1.807) is 6.08 Å². The zero-order valence-corrected chi connectivity index (χ0v) is 11.9. The number of fused-ring (bicyclic) bond motifs is 3. The maximum atomic E-state index is 4.56. The van der Waals surface area contributed by atoms with Crippen LogP contribution < -0.4 is 0 Å². The average molecular weight is 253 g/mol. The highest BCUT2D eigenvalue weighted by Crippen LogP contribution is 2.22. The molecule has 0 unspecified atom stereocenters. The van der Waals surface area contributed by atoms with E-state index in [1.165, 1.54) is 5.56 Å². The Kier molecular flexibility index (Phi) is 3.65. The third-order valence-corrected chi connectivity index (χ3v) is 2.89. The van der Waals surface area contributed by atoms with Gasteiger partial charge in [-0.15, -0.1) is 0 Å². The van der Waals surface area contributed by atoms with Crippen LogP contribution in [0, 0.1) is 13.8 Å². The monoisotopic (exact) mass is 253 g/mol. The fraction of sp³-hybridized carbons (Fsp3) is 0.250. The van der Waals surface area contributed by atoms with Crippen molar-refractivity contribution in [1.82, 2.24) is 14.6 Å². The molecule has 0 aliphatic carbocycles. The number of nitrogens with zero attached hydrogens (tertiary/aromatic N) is 3. The summed E-state index contributed by atoms with van der Waals surface area (Å²) >= 11 is 0. The van der Waals surface area contributed by atoms with Gasteiger partial charge in [-0.1, -0.05) is 32.1 Å². The first-order valence-corrected chi connectivity index (χ1v) is 6.58. The van der Waals surface area contributed by atoms with Crippen molar-refractivity contribution in [3.05, 3.63) is 47.9 Å². The van der Waals surface area contributed by atoms with E-state index in [-0.39, 0.29) is 0 Å². The van der Waals surface area contributed by atoms with Gasteiger partial charge in [-0.3, -0.25) is 0 Å². The molecule has 0 atom stereocenters. The Morgan fingerprint density at radius 3 is 2.58 bits per heavy atom. The van der Waals surface area contributed by atoms with Crippen LogP contribution in [0.15, 0.2) is 30.8 Å². The lowest BCUT2D eigenvalue weighted by Crippen LogP contribution is -1.98. The molecular weight excluding hydrogens is 234 g/mol. The van der Waals surface area contributed by atoms with Crippen molar-refractivity contribution in [1.29, 1.82) is 0 Å². The van der Waals surface area contributed by atoms with Crippen LogP contribution in [0.2, 0.25) is 0 Å². The highest BCUT2D eigenvalue weighted by atomic mass is 15.3. The standard InChI is InChI=1S/C14H13N3.C2H6/c1-4-14-15-12-6-5-9(2)7-11(12)13-8-10(3)16-17(13)14;1-2/h4-8H,1H2,2-3H3;1-2H3. The third kappa shape index (κ3) is 2.24. The Labute approximate surface area is 113 Å². The summed E-state index contributed by atoms with van der Waals surface area (Å²) in [5.74, 6) is 0.782. The Morgan fingerprint density at radius 1 is 1.16 bits per heavy atom. The van der Waals surface area contributed by atoms with Gasteiger partial charge in [0, 0.05) is 5.39 Å². The Bertz CT molecular complexity index is 738. The van der Waals surface area contributed by atoms with Crippen molar-refractivity contribution in [3.8, 4) is 0 Å². The molecule has 0 radical (unpaired) electrons. The van der Waals surface area contributed by atoms with Crippen LogP contribution in [0.25, 0.3) is 22.5 Å². The van der Waals surface area contributed by atoms with Crippen LogP contribution >= 0.6 is 0 Å². The topological polar surface area (TPSA) is 30.2 Å². The molecule has 19 heavy (non-hydrogen) atoms. The molecule has 0 saturated heterocycles. The number of rotatable bonds is 1. The Balaban J connectivity index is 0.000000637. The molecule has 2 aromatic heterocycles. The van der Waals surface area contributed by atoms with E-state index in [4.69, 9.17) is 0 Å². The summed E-state index contributed by atoms with van der Waals surface area (Å²) in [6.07, 6.45) is 1.73. The molecule has 3 aromatic rings. The van der Waals surface area contributed by atoms with Gasteiger partial charge in [-0.05, 0) is 38.1 Å². The number of aryl methyl sites for hydroxylation is 2. The van der Waals surface area contributed by atoms with Gasteiger partial charge in [0.25, 0.3) is 0 Å². The predicted molar refractivity (Wildman–Crippen MR) is 81.4 cm³/mol. The van der Waals surface area contributed by atoms with E-state index < -0.39 is 0 Å². The van der Waals surface area contributed by atoms with Crippen LogP contribution in [0.1, 0.15) is 30.9 Å². The van der Waals surface area contributed by atoms with Gasteiger partial charge in [0.05, 0.1) is 16.7 Å². The summed E-state index contributed by atoms with van der Waals surface area (Å²) in [6, 6.07) is 8.34. The average Bonchev–Trinajstić information content (AvgIpc) is 2.82. The summed E-state index contributed by atoms with van der Waals surface area (Å²) in [6.45, 7) is 11.9. The molecule has 0 amide bonds. The normalized spacial score (nSPS) is 10.3. The first-order valence-electron chi connectivity index (χ1n) is 6.58. The minimum absolute atomic E-state index is 0.782. The van der Waals surface area contributed by atoms with Gasteiger partial charge in [0.2, 0.25) is 0 Å². The lowest BCUT2D eigenvalue weighted by atomic mass is 10.1. The predicted octanol–water partition coefficient (Wildman–Crippen LogP) is 4.17. The molecule has 1 aromatic carbocycles. The molecule has 2 heterocycles. The van der Waals surface area contributed by atoms with Crippen molar-refractivity contribution in [2.45, 2.75) is 27.7 Å². The van der Waals surface area contributed by atoms with Crippen molar-refractivity contribution >= 4 is 22.5 Å². The number of hydrogen-bond donors (Lipinski definition) is 0. The van der Waals surface area contributed by atoms with Gasteiger partial charge >= 0.3 is 0 Å². The van der Waals surface area contributed by atoms with E-state index >= 15 is 0 Å². The van der Waals surface area contributed by atoms with E-state index in [0.717, 1.165) is 27.9 Å². The molecule has 0 aliphatic heterocycles. The fourth-order valence-electron chi connectivity index (χ4n) is 2.12. The highest BCUT2D eigenvalue weighted by Gasteiger charge is 2.08. The summed E-state index contributed by atoms with van der Waals surface area (Å²) in [5, 5.41) is 5.58. The molecule has 0 bridgehead atoms. The Hall–Kier alpha value is -2.16. The molecule has 0 N–H and O–H groups in total. The maximum absolute atomic E-state index is 4.56. The number of hydrogen-bond acceptors (Lipinski definition) is 2. The number of benzene rings is 1. The molecule has 0 saturated carbocycles. The van der Waals surface area contributed by atoms with Crippen molar-refractivity contribution in [3.63, 3.8) is 0 Å². The van der Waals surface area contributed by atoms with Crippen LogP contribution in [0.3, 0.4) is 0 Å². The smallest absolute Gasteiger partial charge is 0.154 e. The summed E-state index contributed by atoms with van der Waals surface area (Å²) in [4.78, 5) is 4.56. The zero-order valence-electron chi connectivity index (χ0n) is 11.9. The lowest BCUT2D eigenvalue weighted by Gasteiger charge is -2.04. The molecule has 0 aliphatic rings. The second-order valence-electron chi connectivity index (χ2n) is 4.28. The largest absolute Gasteiger partial charge is 0.229 e. The minimum Gasteiger partial charge on any atom is -0.229 e. The summed E-state index contributed by atoms with van der Waals surface area (Å²) < 4.78 is 1.85. The van der Waals surface area contributed by atoms with Gasteiger partial charge in [0.15, 0.2) is 5.82 Å². The van der Waals surface area contributed by atoms with E-state index in [0.29, 0.717) is 0 Å². The quantitative estimate of drug-likeness (QED) is 0.651. The summed E-state index contributed by atoms with van der Waals surface area (Å²) in [7, 11) is 0. The first kappa shape index (κ1) is 13.3. The maximum Gasteiger partial charge on any atom is 0.154 e. The first-order chi connectivity index (χ1) is 9.19. The Morgan fingerprint density at radius 2 is 1.89 bits per heavy atom. The summed E-state index contributed by atoms with van der Waals surface area (Å²) in [5.41, 5.74) is 4.29.